The van der Waals surface area contributed by atoms with Crippen molar-refractivity contribution in [2.24, 2.45) is 4.99 Å². The summed E-state index contributed by atoms with van der Waals surface area (Å²) in [5, 5.41) is 0.548. The van der Waals surface area contributed by atoms with Crippen LogP contribution in [-0.4, -0.2) is 18.3 Å². The van der Waals surface area contributed by atoms with Crippen molar-refractivity contribution >= 4 is 34.8 Å². The molecule has 0 amide bonds. The summed E-state index contributed by atoms with van der Waals surface area (Å²) in [6, 6.07) is 7.24. The smallest absolute Gasteiger partial charge is 0.151 e. The van der Waals surface area contributed by atoms with Gasteiger partial charge in [0.15, 0.2) is 5.82 Å². The number of aliphatic imine (C=N–C) groups is 1. The third-order valence-corrected chi connectivity index (χ3v) is 5.12. The Balaban J connectivity index is 2.03. The van der Waals surface area contributed by atoms with E-state index in [9.17, 15) is 8.78 Å². The Morgan fingerprint density at radius 2 is 1.93 bits per heavy atom. The van der Waals surface area contributed by atoms with Crippen molar-refractivity contribution in [3.63, 3.8) is 0 Å². The predicted octanol–water partition coefficient (Wildman–Crippen LogP) is 6.78. The van der Waals surface area contributed by atoms with Crippen molar-refractivity contribution in [2.45, 2.75) is 39.7 Å². The maximum atomic E-state index is 13.8. The van der Waals surface area contributed by atoms with Gasteiger partial charge in [-0.3, -0.25) is 4.99 Å². The topological polar surface area (TPSA) is 15.6 Å². The summed E-state index contributed by atoms with van der Waals surface area (Å²) >= 11 is 6.51. The van der Waals surface area contributed by atoms with Crippen LogP contribution in [0.1, 0.15) is 45.2 Å². The van der Waals surface area contributed by atoms with E-state index in [0.29, 0.717) is 10.6 Å². The van der Waals surface area contributed by atoms with Crippen molar-refractivity contribution in [1.29, 1.82) is 0 Å². The molecule has 2 aromatic carbocycles. The van der Waals surface area contributed by atoms with Crippen LogP contribution in [0.25, 0.3) is 5.57 Å². The summed E-state index contributed by atoms with van der Waals surface area (Å²) in [7, 11) is 0. The molecule has 0 saturated heterocycles. The molecule has 1 aliphatic rings. The molecule has 1 heterocycles. The van der Waals surface area contributed by atoms with E-state index < -0.39 is 11.6 Å². The second kappa shape index (κ2) is 7.43. The maximum Gasteiger partial charge on any atom is 0.151 e. The molecule has 0 spiro atoms. The Morgan fingerprint density at radius 1 is 1.19 bits per heavy atom. The Hall–Kier alpha value is -2.20. The van der Waals surface area contributed by atoms with Gasteiger partial charge in [-0.15, -0.1) is 0 Å². The number of benzene rings is 2. The van der Waals surface area contributed by atoms with E-state index in [4.69, 9.17) is 11.6 Å². The molecule has 5 heteroatoms. The minimum Gasteiger partial charge on any atom is -0.362 e. The van der Waals surface area contributed by atoms with Crippen molar-refractivity contribution in [1.82, 2.24) is 0 Å². The fraction of sp³-hybridized carbons (Fsp3) is 0.318. The molecule has 0 aliphatic carbocycles. The van der Waals surface area contributed by atoms with Crippen LogP contribution in [-0.2, 0) is 0 Å². The number of hydrogen-bond acceptors (Lipinski definition) is 2. The van der Waals surface area contributed by atoms with Crippen LogP contribution in [0.15, 0.2) is 41.4 Å². The van der Waals surface area contributed by atoms with Crippen LogP contribution in [0.5, 0.6) is 0 Å². The van der Waals surface area contributed by atoms with Crippen LogP contribution in [0, 0.1) is 11.6 Å². The van der Waals surface area contributed by atoms with E-state index in [-0.39, 0.29) is 11.2 Å². The zero-order valence-corrected chi connectivity index (χ0v) is 16.7. The standard InChI is InChI=1S/C22H23ClF2N2/c1-5-8-27-21-11-18(23)15(9-17(21)14(2)12-22(27,3)4)13-26-20-7-6-16(24)10-19(20)25/h6-7,9-13H,5,8H2,1-4H3. The van der Waals surface area contributed by atoms with Crippen molar-refractivity contribution < 1.29 is 8.78 Å². The summed E-state index contributed by atoms with van der Waals surface area (Å²) in [4.78, 5) is 6.50. The molecule has 0 unspecified atom stereocenters. The number of rotatable bonds is 4. The van der Waals surface area contributed by atoms with Crippen molar-refractivity contribution in [3.8, 4) is 0 Å². The minimum atomic E-state index is -0.702. The summed E-state index contributed by atoms with van der Waals surface area (Å²) < 4.78 is 26.9. The molecule has 2 aromatic rings. The third kappa shape index (κ3) is 3.91. The van der Waals surface area contributed by atoms with E-state index >= 15 is 0 Å². The second-order valence-corrected chi connectivity index (χ2v) is 7.78. The van der Waals surface area contributed by atoms with Gasteiger partial charge in [-0.1, -0.05) is 24.6 Å². The van der Waals surface area contributed by atoms with Crippen LogP contribution < -0.4 is 4.90 Å². The highest BCUT2D eigenvalue weighted by Gasteiger charge is 2.31. The highest BCUT2D eigenvalue weighted by molar-refractivity contribution is 6.33. The normalized spacial score (nSPS) is 15.8. The zero-order valence-electron chi connectivity index (χ0n) is 16.0. The molecule has 0 aromatic heterocycles. The van der Waals surface area contributed by atoms with E-state index in [1.807, 2.05) is 12.1 Å². The summed E-state index contributed by atoms with van der Waals surface area (Å²) in [6.45, 7) is 9.54. The summed E-state index contributed by atoms with van der Waals surface area (Å²) in [5.41, 5.74) is 4.03. The number of allylic oxidation sites excluding steroid dienone is 1. The number of hydrogen-bond donors (Lipinski definition) is 0. The van der Waals surface area contributed by atoms with Crippen molar-refractivity contribution in [3.05, 3.63) is 64.2 Å². The first-order valence-corrected chi connectivity index (χ1v) is 9.41. The minimum absolute atomic E-state index is 0.0752. The van der Waals surface area contributed by atoms with Gasteiger partial charge in [-0.2, -0.15) is 0 Å². The summed E-state index contributed by atoms with van der Waals surface area (Å²) in [6.07, 6.45) is 4.80. The first kappa shape index (κ1) is 19.6. The molecule has 0 atom stereocenters. The van der Waals surface area contributed by atoms with Crippen LogP contribution in [0.4, 0.5) is 20.2 Å². The average molecular weight is 389 g/mol. The molecule has 3 rings (SSSR count). The molecule has 1 aliphatic heterocycles. The van der Waals surface area contributed by atoms with E-state index in [1.165, 1.54) is 23.9 Å². The first-order chi connectivity index (χ1) is 12.7. The quantitative estimate of drug-likeness (QED) is 0.527. The van der Waals surface area contributed by atoms with Gasteiger partial charge >= 0.3 is 0 Å². The molecule has 27 heavy (non-hydrogen) atoms. The molecule has 0 N–H and O–H groups in total. The average Bonchev–Trinajstić information content (AvgIpc) is 2.58. The van der Waals surface area contributed by atoms with E-state index in [1.54, 1.807) is 0 Å². The molecule has 0 saturated carbocycles. The fourth-order valence-corrected chi connectivity index (χ4v) is 3.78. The lowest BCUT2D eigenvalue weighted by atomic mass is 9.88. The Labute approximate surface area is 164 Å². The third-order valence-electron chi connectivity index (χ3n) is 4.80. The first-order valence-electron chi connectivity index (χ1n) is 9.03. The number of anilines is 1. The molecule has 142 valence electrons. The Bertz CT molecular complexity index is 932. The van der Waals surface area contributed by atoms with Gasteiger partial charge in [-0.05, 0) is 57.0 Å². The molecular formula is C22H23ClF2N2. The Kier molecular flexibility index (Phi) is 5.38. The highest BCUT2D eigenvalue weighted by Crippen LogP contribution is 2.41. The largest absolute Gasteiger partial charge is 0.362 e. The van der Waals surface area contributed by atoms with Gasteiger partial charge in [0, 0.05) is 35.6 Å². The van der Waals surface area contributed by atoms with Crippen molar-refractivity contribution in [2.75, 3.05) is 11.4 Å². The predicted molar refractivity (Wildman–Crippen MR) is 110 cm³/mol. The molecule has 0 bridgehead atoms. The highest BCUT2D eigenvalue weighted by atomic mass is 35.5. The van der Waals surface area contributed by atoms with Gasteiger partial charge in [0.2, 0.25) is 0 Å². The van der Waals surface area contributed by atoms with Gasteiger partial charge in [-0.25, -0.2) is 8.78 Å². The van der Waals surface area contributed by atoms with Crippen LogP contribution in [0.3, 0.4) is 0 Å². The molecule has 0 fully saturated rings. The van der Waals surface area contributed by atoms with Gasteiger partial charge in [0.05, 0.1) is 16.2 Å². The van der Waals surface area contributed by atoms with Gasteiger partial charge < -0.3 is 4.90 Å². The molecule has 0 radical (unpaired) electrons. The van der Waals surface area contributed by atoms with Gasteiger partial charge in [0.25, 0.3) is 0 Å². The lowest BCUT2D eigenvalue weighted by molar-refractivity contribution is 0.550. The lowest BCUT2D eigenvalue weighted by Gasteiger charge is -2.43. The van der Waals surface area contributed by atoms with Gasteiger partial charge in [0.1, 0.15) is 5.82 Å². The lowest BCUT2D eigenvalue weighted by Crippen LogP contribution is -2.45. The zero-order chi connectivity index (χ0) is 19.8. The number of halogens is 3. The molecular weight excluding hydrogens is 366 g/mol. The van der Waals surface area contributed by atoms with Crippen LogP contribution in [0.2, 0.25) is 5.02 Å². The monoisotopic (exact) mass is 388 g/mol. The fourth-order valence-electron chi connectivity index (χ4n) is 3.57. The second-order valence-electron chi connectivity index (χ2n) is 7.38. The SMILES string of the molecule is CCCN1c2cc(Cl)c(C=Nc3ccc(F)cc3F)cc2C(C)=CC1(C)C. The Morgan fingerprint density at radius 3 is 2.59 bits per heavy atom. The van der Waals surface area contributed by atoms with E-state index in [0.717, 1.165) is 30.3 Å². The summed E-state index contributed by atoms with van der Waals surface area (Å²) in [5.74, 6) is -1.33. The van der Waals surface area contributed by atoms with Crippen LogP contribution >= 0.6 is 11.6 Å². The van der Waals surface area contributed by atoms with E-state index in [2.05, 4.69) is 43.7 Å². The number of fused-ring (bicyclic) bond motifs is 1. The number of nitrogens with zero attached hydrogens (tertiary/aromatic N) is 2. The maximum absolute atomic E-state index is 13.8. The molecule has 2 nitrogen and oxygen atoms in total.